The molecular formula is C26H33ClN6O2S. The second-order valence-corrected chi connectivity index (χ2v) is 11.2. The fourth-order valence-electron chi connectivity index (χ4n) is 4.88. The number of nitrogens with one attached hydrogen (secondary N) is 2. The first kappa shape index (κ1) is 26.3. The summed E-state index contributed by atoms with van der Waals surface area (Å²) in [6.07, 6.45) is 3.27. The summed E-state index contributed by atoms with van der Waals surface area (Å²) >= 11 is 6.21. The number of halogens is 1. The summed E-state index contributed by atoms with van der Waals surface area (Å²) < 4.78 is 20.8. The van der Waals surface area contributed by atoms with E-state index in [0.717, 1.165) is 39.6 Å². The van der Waals surface area contributed by atoms with Crippen LogP contribution in [0.4, 0.5) is 5.69 Å². The second-order valence-electron chi connectivity index (χ2n) is 9.69. The first-order valence-electron chi connectivity index (χ1n) is 12.0. The number of aryl methyl sites for hydroxylation is 1. The van der Waals surface area contributed by atoms with Gasteiger partial charge < -0.3 is 14.4 Å². The minimum Gasteiger partial charge on any atom is -0.491 e. The van der Waals surface area contributed by atoms with Gasteiger partial charge >= 0.3 is 0 Å². The molecule has 2 aliphatic heterocycles. The Balaban J connectivity index is 1.75. The van der Waals surface area contributed by atoms with Crippen molar-refractivity contribution in [2.45, 2.75) is 47.2 Å². The highest BCUT2D eigenvalue weighted by Gasteiger charge is 2.32. The predicted molar refractivity (Wildman–Crippen MR) is 149 cm³/mol. The van der Waals surface area contributed by atoms with Crippen molar-refractivity contribution in [3.63, 3.8) is 0 Å². The Labute approximate surface area is 220 Å². The number of rotatable bonds is 4. The van der Waals surface area contributed by atoms with Gasteiger partial charge in [0.25, 0.3) is 0 Å². The van der Waals surface area contributed by atoms with Crippen LogP contribution >= 0.6 is 11.6 Å². The summed E-state index contributed by atoms with van der Waals surface area (Å²) in [7, 11) is -1.27. The van der Waals surface area contributed by atoms with Crippen LogP contribution in [0.15, 0.2) is 34.4 Å². The minimum absolute atomic E-state index is 0.0325. The van der Waals surface area contributed by atoms with Crippen molar-refractivity contribution in [2.75, 3.05) is 24.1 Å². The largest absolute Gasteiger partial charge is 0.491 e. The number of ether oxygens (including phenoxy) is 1. The molecule has 192 valence electrons. The van der Waals surface area contributed by atoms with Crippen LogP contribution in [0.5, 0.6) is 5.75 Å². The Kier molecular flexibility index (Phi) is 7.80. The van der Waals surface area contributed by atoms with Crippen molar-refractivity contribution in [3.05, 3.63) is 40.7 Å². The Hall–Kier alpha value is -2.78. The lowest BCUT2D eigenvalue weighted by atomic mass is 9.89. The van der Waals surface area contributed by atoms with E-state index in [2.05, 4.69) is 40.6 Å². The molecule has 0 saturated carbocycles. The molecule has 0 spiro atoms. The summed E-state index contributed by atoms with van der Waals surface area (Å²) in [5.41, 5.74) is 5.42. The van der Waals surface area contributed by atoms with Crippen molar-refractivity contribution in [1.29, 1.82) is 5.41 Å². The van der Waals surface area contributed by atoms with Crippen LogP contribution in [0.3, 0.4) is 0 Å². The van der Waals surface area contributed by atoms with Crippen LogP contribution in [0, 0.1) is 24.2 Å². The molecule has 1 aromatic carbocycles. The summed E-state index contributed by atoms with van der Waals surface area (Å²) in [6, 6.07) is 5.78. The molecule has 36 heavy (non-hydrogen) atoms. The molecule has 3 atom stereocenters. The van der Waals surface area contributed by atoms with Gasteiger partial charge in [0.2, 0.25) is 0 Å². The molecule has 8 nitrogen and oxygen atoms in total. The van der Waals surface area contributed by atoms with Gasteiger partial charge in [-0.3, -0.25) is 10.4 Å². The summed E-state index contributed by atoms with van der Waals surface area (Å²) in [5, 5.41) is 8.75. The average Bonchev–Trinajstić information content (AvgIpc) is 3.07. The molecule has 3 unspecified atom stereocenters. The molecule has 0 amide bonds. The Morgan fingerprint density at radius 2 is 2.00 bits per heavy atom. The van der Waals surface area contributed by atoms with Gasteiger partial charge in [-0.05, 0) is 56.0 Å². The zero-order chi connectivity index (χ0) is 26.1. The molecule has 1 aromatic heterocycles. The summed E-state index contributed by atoms with van der Waals surface area (Å²) in [4.78, 5) is 16.1. The molecular weight excluding hydrogens is 496 g/mol. The van der Waals surface area contributed by atoms with E-state index in [1.165, 1.54) is 0 Å². The average molecular weight is 529 g/mol. The van der Waals surface area contributed by atoms with Crippen LogP contribution in [0.1, 0.15) is 38.8 Å². The highest BCUT2D eigenvalue weighted by Crippen LogP contribution is 2.35. The van der Waals surface area contributed by atoms with Crippen LogP contribution < -0.4 is 9.46 Å². The number of nitrogens with zero attached hydrogens (tertiary/aromatic N) is 4. The van der Waals surface area contributed by atoms with E-state index >= 15 is 0 Å². The number of aromatic nitrogens is 1. The maximum Gasteiger partial charge on any atom is 0.153 e. The zero-order valence-electron chi connectivity index (χ0n) is 21.6. The normalized spacial score (nSPS) is 21.1. The van der Waals surface area contributed by atoms with Gasteiger partial charge in [-0.15, -0.1) is 0 Å². The maximum atomic E-state index is 11.7. The summed E-state index contributed by atoms with van der Waals surface area (Å²) in [6.45, 7) is 12.1. The highest BCUT2D eigenvalue weighted by molar-refractivity contribution is 7.85. The van der Waals surface area contributed by atoms with E-state index < -0.39 is 11.0 Å². The van der Waals surface area contributed by atoms with Crippen molar-refractivity contribution in [2.24, 2.45) is 21.8 Å². The molecule has 0 fully saturated rings. The lowest BCUT2D eigenvalue weighted by Gasteiger charge is -2.31. The van der Waals surface area contributed by atoms with Gasteiger partial charge in [0.1, 0.15) is 41.1 Å². The maximum absolute atomic E-state index is 11.7. The van der Waals surface area contributed by atoms with E-state index in [4.69, 9.17) is 31.7 Å². The SMILES string of the molecule is CC1=NC(C)C(=N)N=C(N2CCOc3c(C)cc(-c4cnc(Cl)c(NS(C)=O)c4)cc3C2)C1C(C)C. The van der Waals surface area contributed by atoms with E-state index in [0.29, 0.717) is 25.4 Å². The van der Waals surface area contributed by atoms with Crippen LogP contribution in [-0.2, 0) is 17.5 Å². The molecule has 0 bridgehead atoms. The van der Waals surface area contributed by atoms with Gasteiger partial charge in [-0.1, -0.05) is 25.4 Å². The third-order valence-corrected chi connectivity index (χ3v) is 7.30. The van der Waals surface area contributed by atoms with E-state index in [9.17, 15) is 4.21 Å². The molecule has 0 radical (unpaired) electrons. The molecule has 3 heterocycles. The monoisotopic (exact) mass is 528 g/mol. The van der Waals surface area contributed by atoms with Gasteiger partial charge in [-0.2, -0.15) is 0 Å². The Bertz CT molecular complexity index is 1280. The van der Waals surface area contributed by atoms with E-state index in [1.54, 1.807) is 12.5 Å². The zero-order valence-corrected chi connectivity index (χ0v) is 23.1. The number of anilines is 1. The second kappa shape index (κ2) is 10.7. The third kappa shape index (κ3) is 5.47. The number of benzene rings is 1. The minimum atomic E-state index is -1.27. The Morgan fingerprint density at radius 3 is 2.69 bits per heavy atom. The van der Waals surface area contributed by atoms with Crippen molar-refractivity contribution in [1.82, 2.24) is 9.88 Å². The van der Waals surface area contributed by atoms with Crippen LogP contribution in [-0.4, -0.2) is 56.9 Å². The van der Waals surface area contributed by atoms with Crippen molar-refractivity contribution >= 4 is 45.7 Å². The Morgan fingerprint density at radius 1 is 1.25 bits per heavy atom. The molecule has 2 aromatic rings. The van der Waals surface area contributed by atoms with Crippen molar-refractivity contribution < 1.29 is 8.95 Å². The van der Waals surface area contributed by atoms with E-state index in [-0.39, 0.29) is 28.9 Å². The fourth-order valence-corrected chi connectivity index (χ4v) is 5.55. The number of hydrogen-bond donors (Lipinski definition) is 2. The smallest absolute Gasteiger partial charge is 0.153 e. The van der Waals surface area contributed by atoms with E-state index in [1.807, 2.05) is 26.8 Å². The summed E-state index contributed by atoms with van der Waals surface area (Å²) in [5.74, 6) is 2.36. The highest BCUT2D eigenvalue weighted by atomic mass is 35.5. The van der Waals surface area contributed by atoms with Gasteiger partial charge in [0.05, 0.1) is 18.2 Å². The van der Waals surface area contributed by atoms with Crippen LogP contribution in [0.2, 0.25) is 5.15 Å². The number of amidine groups is 2. The quantitative estimate of drug-likeness (QED) is 0.537. The lowest BCUT2D eigenvalue weighted by molar-refractivity contribution is 0.283. The fraction of sp³-hybridized carbons (Fsp3) is 0.462. The molecule has 10 heteroatoms. The molecule has 0 saturated heterocycles. The third-order valence-electron chi connectivity index (χ3n) is 6.49. The predicted octanol–water partition coefficient (Wildman–Crippen LogP) is 5.12. The van der Waals surface area contributed by atoms with Gasteiger partial charge in [0, 0.05) is 35.8 Å². The molecule has 0 aliphatic carbocycles. The first-order chi connectivity index (χ1) is 17.0. The molecule has 2 aliphatic rings. The number of aliphatic imine (C=N–C) groups is 2. The van der Waals surface area contributed by atoms with Crippen molar-refractivity contribution in [3.8, 4) is 16.9 Å². The number of fused-ring (bicyclic) bond motifs is 1. The van der Waals surface area contributed by atoms with Crippen LogP contribution in [0.25, 0.3) is 11.1 Å². The molecule has 4 rings (SSSR count). The number of pyridine rings is 1. The lowest BCUT2D eigenvalue weighted by Crippen LogP contribution is -2.42. The topological polar surface area (TPSA) is 103 Å². The van der Waals surface area contributed by atoms with Gasteiger partial charge in [0.15, 0.2) is 5.15 Å². The standard InChI is InChI=1S/C26H33ClN6O2S/c1-14(2)22-16(4)30-17(5)25(28)31-26(22)33-7-8-35-23-15(3)9-18(10-20(23)13-33)19-11-21(32-36(6)34)24(27)29-12-19/h9-12,14,17,22,28,32H,7-8,13H2,1-6H3. The molecule has 2 N–H and O–H groups in total. The first-order valence-corrected chi connectivity index (χ1v) is 14.0. The number of hydrogen-bond acceptors (Lipinski definition) is 6. The van der Waals surface area contributed by atoms with Gasteiger partial charge in [-0.25, -0.2) is 14.2 Å².